The molecule has 1 N–H and O–H groups in total. The Kier molecular flexibility index (Phi) is 3.81. The first kappa shape index (κ1) is 14.5. The van der Waals surface area contributed by atoms with Crippen molar-refractivity contribution >= 4 is 28.3 Å². The largest absolute Gasteiger partial charge is 0.463 e. The normalized spacial score (nSPS) is 17.5. The highest BCUT2D eigenvalue weighted by molar-refractivity contribution is 6.06. The molecule has 1 aliphatic rings. The molecule has 0 radical (unpaired) electrons. The molecule has 5 heteroatoms. The molecule has 0 bridgehead atoms. The summed E-state index contributed by atoms with van der Waals surface area (Å²) in [5, 5.41) is 11.3. The fourth-order valence-corrected chi connectivity index (χ4v) is 2.94. The molecular weight excluding hydrogens is 282 g/mol. The van der Waals surface area contributed by atoms with Crippen molar-refractivity contribution < 1.29 is 19.4 Å². The molecule has 2 aromatic rings. The number of fused-ring (bicyclic) bond motifs is 1. The van der Waals surface area contributed by atoms with Gasteiger partial charge >= 0.3 is 5.97 Å². The molecule has 2 aromatic carbocycles. The SMILES string of the molecule is Cc1ccc2ccccc2c1N(C(=O)CO)C1COC(=O)C1. The number of hydrogen-bond acceptors (Lipinski definition) is 4. The van der Waals surface area contributed by atoms with Gasteiger partial charge in [0.1, 0.15) is 13.2 Å². The Labute approximate surface area is 128 Å². The molecule has 0 aliphatic carbocycles. The van der Waals surface area contributed by atoms with Gasteiger partial charge < -0.3 is 14.7 Å². The van der Waals surface area contributed by atoms with Crippen molar-refractivity contribution in [1.29, 1.82) is 0 Å². The minimum atomic E-state index is -0.604. The molecule has 1 aliphatic heterocycles. The molecule has 1 heterocycles. The van der Waals surface area contributed by atoms with Crippen LogP contribution in [0.15, 0.2) is 36.4 Å². The summed E-state index contributed by atoms with van der Waals surface area (Å²) in [4.78, 5) is 25.3. The Morgan fingerprint density at radius 3 is 2.77 bits per heavy atom. The summed E-state index contributed by atoms with van der Waals surface area (Å²) in [6, 6.07) is 11.3. The van der Waals surface area contributed by atoms with Crippen LogP contribution in [0.5, 0.6) is 0 Å². The Morgan fingerprint density at radius 2 is 2.09 bits per heavy atom. The number of cyclic esters (lactones) is 1. The molecule has 0 saturated carbocycles. The maximum Gasteiger partial charge on any atom is 0.308 e. The third-order valence-electron chi connectivity index (χ3n) is 3.95. The zero-order valence-electron chi connectivity index (χ0n) is 12.3. The summed E-state index contributed by atoms with van der Waals surface area (Å²) in [6.07, 6.45) is 0.147. The van der Waals surface area contributed by atoms with E-state index in [1.807, 2.05) is 43.3 Å². The summed E-state index contributed by atoms with van der Waals surface area (Å²) in [7, 11) is 0. The molecule has 1 atom stereocenters. The van der Waals surface area contributed by atoms with E-state index >= 15 is 0 Å². The fraction of sp³-hybridized carbons (Fsp3) is 0.294. The third-order valence-corrected chi connectivity index (χ3v) is 3.95. The summed E-state index contributed by atoms with van der Waals surface area (Å²) in [5.74, 6) is -0.749. The van der Waals surface area contributed by atoms with Gasteiger partial charge in [0.05, 0.1) is 18.2 Å². The quantitative estimate of drug-likeness (QED) is 0.877. The Balaban J connectivity index is 2.17. The lowest BCUT2D eigenvalue weighted by molar-refractivity contribution is -0.138. The number of hydrogen-bond donors (Lipinski definition) is 1. The second-order valence-electron chi connectivity index (χ2n) is 5.42. The number of carbonyl (C=O) groups excluding carboxylic acids is 2. The second-order valence-corrected chi connectivity index (χ2v) is 5.42. The Morgan fingerprint density at radius 1 is 1.32 bits per heavy atom. The van der Waals surface area contributed by atoms with Crippen LogP contribution in [0.4, 0.5) is 5.69 Å². The van der Waals surface area contributed by atoms with Crippen LogP contribution in [0.3, 0.4) is 0 Å². The number of amides is 1. The topological polar surface area (TPSA) is 66.8 Å². The minimum Gasteiger partial charge on any atom is -0.463 e. The minimum absolute atomic E-state index is 0.147. The number of esters is 1. The van der Waals surface area contributed by atoms with Crippen molar-refractivity contribution in [1.82, 2.24) is 0 Å². The lowest BCUT2D eigenvalue weighted by Crippen LogP contribution is -2.43. The van der Waals surface area contributed by atoms with Crippen LogP contribution in [0, 0.1) is 6.92 Å². The van der Waals surface area contributed by atoms with E-state index in [1.165, 1.54) is 4.90 Å². The van der Waals surface area contributed by atoms with Crippen LogP contribution < -0.4 is 4.90 Å². The number of aryl methyl sites for hydroxylation is 1. The fourth-order valence-electron chi connectivity index (χ4n) is 2.94. The molecule has 1 fully saturated rings. The predicted molar refractivity (Wildman–Crippen MR) is 82.6 cm³/mol. The molecule has 3 rings (SSSR count). The molecule has 1 saturated heterocycles. The highest BCUT2D eigenvalue weighted by Crippen LogP contribution is 2.33. The van der Waals surface area contributed by atoms with Crippen LogP contribution in [0.1, 0.15) is 12.0 Å². The molecule has 5 nitrogen and oxygen atoms in total. The molecule has 0 aromatic heterocycles. The molecule has 114 valence electrons. The van der Waals surface area contributed by atoms with Crippen molar-refractivity contribution in [2.75, 3.05) is 18.1 Å². The van der Waals surface area contributed by atoms with Gasteiger partial charge in [-0.05, 0) is 17.9 Å². The highest BCUT2D eigenvalue weighted by atomic mass is 16.5. The number of aliphatic hydroxyl groups excluding tert-OH is 1. The summed E-state index contributed by atoms with van der Waals surface area (Å²) in [6.45, 7) is 1.47. The first-order chi connectivity index (χ1) is 10.6. The Hall–Kier alpha value is -2.40. The third kappa shape index (κ3) is 2.44. The number of anilines is 1. The zero-order chi connectivity index (χ0) is 15.7. The number of carbonyl (C=O) groups is 2. The van der Waals surface area contributed by atoms with Gasteiger partial charge in [-0.1, -0.05) is 36.4 Å². The van der Waals surface area contributed by atoms with Crippen LogP contribution in [-0.2, 0) is 14.3 Å². The maximum absolute atomic E-state index is 12.3. The lowest BCUT2D eigenvalue weighted by Gasteiger charge is -2.29. The number of ether oxygens (including phenoxy) is 1. The van der Waals surface area contributed by atoms with Gasteiger partial charge in [0.2, 0.25) is 0 Å². The standard InChI is InChI=1S/C17H17NO4/c1-11-6-7-12-4-2-3-5-14(12)17(11)18(15(20)9-19)13-8-16(21)22-10-13/h2-7,13,19H,8-10H2,1H3. The van der Waals surface area contributed by atoms with Crippen LogP contribution in [-0.4, -0.2) is 36.2 Å². The average Bonchev–Trinajstić information content (AvgIpc) is 2.95. The van der Waals surface area contributed by atoms with Gasteiger partial charge in [0, 0.05) is 5.39 Å². The van der Waals surface area contributed by atoms with E-state index in [0.29, 0.717) is 0 Å². The van der Waals surface area contributed by atoms with E-state index in [2.05, 4.69) is 0 Å². The van der Waals surface area contributed by atoms with Gasteiger partial charge in [-0.25, -0.2) is 0 Å². The molecule has 1 amide bonds. The van der Waals surface area contributed by atoms with E-state index in [9.17, 15) is 14.7 Å². The van der Waals surface area contributed by atoms with E-state index in [4.69, 9.17) is 4.74 Å². The summed E-state index contributed by atoms with van der Waals surface area (Å²) < 4.78 is 5.00. The number of aliphatic hydroxyl groups is 1. The smallest absolute Gasteiger partial charge is 0.308 e. The average molecular weight is 299 g/mol. The molecule has 22 heavy (non-hydrogen) atoms. The highest BCUT2D eigenvalue weighted by Gasteiger charge is 2.34. The number of rotatable bonds is 3. The second kappa shape index (κ2) is 5.77. The van der Waals surface area contributed by atoms with Crippen LogP contribution in [0.25, 0.3) is 10.8 Å². The summed E-state index contributed by atoms with van der Waals surface area (Å²) >= 11 is 0. The van der Waals surface area contributed by atoms with E-state index in [-0.39, 0.29) is 25.0 Å². The van der Waals surface area contributed by atoms with Crippen molar-refractivity contribution in [3.8, 4) is 0 Å². The van der Waals surface area contributed by atoms with Crippen LogP contribution in [0.2, 0.25) is 0 Å². The van der Waals surface area contributed by atoms with E-state index in [1.54, 1.807) is 0 Å². The zero-order valence-corrected chi connectivity index (χ0v) is 12.3. The maximum atomic E-state index is 12.3. The number of benzene rings is 2. The summed E-state index contributed by atoms with van der Waals surface area (Å²) in [5.41, 5.74) is 1.65. The van der Waals surface area contributed by atoms with Crippen molar-refractivity contribution in [2.45, 2.75) is 19.4 Å². The van der Waals surface area contributed by atoms with Gasteiger partial charge in [-0.3, -0.25) is 9.59 Å². The van der Waals surface area contributed by atoms with Gasteiger partial charge in [-0.15, -0.1) is 0 Å². The lowest BCUT2D eigenvalue weighted by atomic mass is 10.0. The Bertz CT molecular complexity index is 741. The molecule has 0 spiro atoms. The van der Waals surface area contributed by atoms with E-state index < -0.39 is 12.5 Å². The predicted octanol–water partition coefficient (Wildman–Crippen LogP) is 1.79. The molecular formula is C17H17NO4. The van der Waals surface area contributed by atoms with Crippen LogP contribution >= 0.6 is 0 Å². The first-order valence-electron chi connectivity index (χ1n) is 7.18. The molecule has 1 unspecified atom stereocenters. The monoisotopic (exact) mass is 299 g/mol. The van der Waals surface area contributed by atoms with Crippen molar-refractivity contribution in [3.05, 3.63) is 42.0 Å². The van der Waals surface area contributed by atoms with Gasteiger partial charge in [-0.2, -0.15) is 0 Å². The van der Waals surface area contributed by atoms with Crippen molar-refractivity contribution in [2.24, 2.45) is 0 Å². The first-order valence-corrected chi connectivity index (χ1v) is 7.18. The van der Waals surface area contributed by atoms with Crippen molar-refractivity contribution in [3.63, 3.8) is 0 Å². The van der Waals surface area contributed by atoms with Gasteiger partial charge in [0.25, 0.3) is 5.91 Å². The van der Waals surface area contributed by atoms with Gasteiger partial charge in [0.15, 0.2) is 0 Å². The number of nitrogens with zero attached hydrogens (tertiary/aromatic N) is 1. The van der Waals surface area contributed by atoms with E-state index in [0.717, 1.165) is 22.0 Å².